The van der Waals surface area contributed by atoms with E-state index in [1.54, 1.807) is 0 Å². The number of piperidine rings is 1. The van der Waals surface area contributed by atoms with Crippen LogP contribution in [0.25, 0.3) is 0 Å². The molecule has 1 aliphatic rings. The molecule has 1 fully saturated rings. The SMILES string of the molecule is Nc1cccc(C2CCCCN2c2cccc(Br)c2)c1. The second-order valence-electron chi connectivity index (χ2n) is 5.35. The Balaban J connectivity index is 1.95. The first-order chi connectivity index (χ1) is 9.74. The molecule has 1 aliphatic heterocycles. The molecule has 2 aromatic carbocycles. The third-order valence-electron chi connectivity index (χ3n) is 3.94. The van der Waals surface area contributed by atoms with E-state index in [9.17, 15) is 0 Å². The van der Waals surface area contributed by atoms with Crippen molar-refractivity contribution in [2.45, 2.75) is 25.3 Å². The number of rotatable bonds is 2. The third kappa shape index (κ3) is 2.83. The Kier molecular flexibility index (Phi) is 3.97. The van der Waals surface area contributed by atoms with Crippen molar-refractivity contribution < 1.29 is 0 Å². The van der Waals surface area contributed by atoms with Crippen LogP contribution in [0, 0.1) is 0 Å². The Bertz CT molecular complexity index is 544. The van der Waals surface area contributed by atoms with E-state index in [1.807, 2.05) is 6.07 Å². The molecule has 0 bridgehead atoms. The van der Waals surface area contributed by atoms with Crippen molar-refractivity contribution in [3.63, 3.8) is 0 Å². The van der Waals surface area contributed by atoms with E-state index in [0.717, 1.165) is 16.7 Å². The zero-order valence-corrected chi connectivity index (χ0v) is 13.0. The fraction of sp³-hybridized carbons (Fsp3) is 0.294. The molecule has 0 saturated carbocycles. The van der Waals surface area contributed by atoms with Gasteiger partial charge in [0.15, 0.2) is 0 Å². The maximum atomic E-state index is 5.95. The Morgan fingerprint density at radius 2 is 1.90 bits per heavy atom. The van der Waals surface area contributed by atoms with Gasteiger partial charge in [-0.15, -0.1) is 0 Å². The summed E-state index contributed by atoms with van der Waals surface area (Å²) in [6.07, 6.45) is 3.73. The lowest BCUT2D eigenvalue weighted by Crippen LogP contribution is -2.33. The number of halogens is 1. The molecule has 0 spiro atoms. The molecule has 0 aliphatic carbocycles. The number of nitrogens with two attached hydrogens (primary N) is 1. The lowest BCUT2D eigenvalue weighted by molar-refractivity contribution is 0.473. The number of nitrogen functional groups attached to an aromatic ring is 1. The molecular formula is C17H19BrN2. The van der Waals surface area contributed by atoms with Crippen LogP contribution in [0.3, 0.4) is 0 Å². The Morgan fingerprint density at radius 1 is 1.05 bits per heavy atom. The number of hydrogen-bond donors (Lipinski definition) is 1. The van der Waals surface area contributed by atoms with Crippen molar-refractivity contribution >= 4 is 27.3 Å². The van der Waals surface area contributed by atoms with Gasteiger partial charge in [0, 0.05) is 22.4 Å². The van der Waals surface area contributed by atoms with Gasteiger partial charge in [0.05, 0.1) is 6.04 Å². The smallest absolute Gasteiger partial charge is 0.0543 e. The minimum Gasteiger partial charge on any atom is -0.399 e. The zero-order chi connectivity index (χ0) is 13.9. The summed E-state index contributed by atoms with van der Waals surface area (Å²) in [5.41, 5.74) is 9.40. The van der Waals surface area contributed by atoms with E-state index in [1.165, 1.54) is 30.5 Å². The first kappa shape index (κ1) is 13.5. The van der Waals surface area contributed by atoms with Gasteiger partial charge in [0.25, 0.3) is 0 Å². The number of benzene rings is 2. The highest BCUT2D eigenvalue weighted by Crippen LogP contribution is 2.36. The molecular weight excluding hydrogens is 312 g/mol. The van der Waals surface area contributed by atoms with Crippen LogP contribution in [-0.2, 0) is 0 Å². The molecule has 2 nitrogen and oxygen atoms in total. The largest absolute Gasteiger partial charge is 0.399 e. The van der Waals surface area contributed by atoms with E-state index >= 15 is 0 Å². The predicted molar refractivity (Wildman–Crippen MR) is 88.9 cm³/mol. The number of hydrogen-bond acceptors (Lipinski definition) is 2. The second-order valence-corrected chi connectivity index (χ2v) is 6.27. The predicted octanol–water partition coefficient (Wildman–Crippen LogP) is 4.76. The van der Waals surface area contributed by atoms with Crippen molar-refractivity contribution in [1.29, 1.82) is 0 Å². The van der Waals surface area contributed by atoms with Gasteiger partial charge in [-0.25, -0.2) is 0 Å². The first-order valence-corrected chi connectivity index (χ1v) is 7.91. The molecule has 1 unspecified atom stereocenters. The summed E-state index contributed by atoms with van der Waals surface area (Å²) in [6, 6.07) is 17.3. The van der Waals surface area contributed by atoms with Gasteiger partial charge in [-0.2, -0.15) is 0 Å². The summed E-state index contributed by atoms with van der Waals surface area (Å²) in [5.74, 6) is 0. The van der Waals surface area contributed by atoms with Gasteiger partial charge in [-0.1, -0.05) is 34.1 Å². The van der Waals surface area contributed by atoms with Crippen LogP contribution in [0.1, 0.15) is 30.9 Å². The van der Waals surface area contributed by atoms with Crippen LogP contribution in [-0.4, -0.2) is 6.54 Å². The molecule has 2 N–H and O–H groups in total. The van der Waals surface area contributed by atoms with Crippen LogP contribution < -0.4 is 10.6 Å². The Hall–Kier alpha value is -1.48. The number of nitrogens with zero attached hydrogens (tertiary/aromatic N) is 1. The molecule has 20 heavy (non-hydrogen) atoms. The zero-order valence-electron chi connectivity index (χ0n) is 11.4. The van der Waals surface area contributed by atoms with E-state index in [-0.39, 0.29) is 0 Å². The van der Waals surface area contributed by atoms with E-state index in [2.05, 4.69) is 63.3 Å². The molecule has 3 rings (SSSR count). The van der Waals surface area contributed by atoms with Crippen molar-refractivity contribution in [2.75, 3.05) is 17.2 Å². The van der Waals surface area contributed by atoms with Gasteiger partial charge in [0.1, 0.15) is 0 Å². The highest BCUT2D eigenvalue weighted by molar-refractivity contribution is 9.10. The van der Waals surface area contributed by atoms with Crippen LogP contribution in [0.5, 0.6) is 0 Å². The average molecular weight is 331 g/mol. The summed E-state index contributed by atoms with van der Waals surface area (Å²) in [6.45, 7) is 1.11. The lowest BCUT2D eigenvalue weighted by Gasteiger charge is -2.38. The quantitative estimate of drug-likeness (QED) is 0.804. The minimum atomic E-state index is 0.432. The van der Waals surface area contributed by atoms with E-state index in [4.69, 9.17) is 5.73 Å². The Labute approximate surface area is 128 Å². The normalized spacial score (nSPS) is 19.1. The monoisotopic (exact) mass is 330 g/mol. The van der Waals surface area contributed by atoms with Crippen LogP contribution >= 0.6 is 15.9 Å². The fourth-order valence-electron chi connectivity index (χ4n) is 3.01. The molecule has 0 radical (unpaired) electrons. The maximum Gasteiger partial charge on any atom is 0.0543 e. The average Bonchev–Trinajstić information content (AvgIpc) is 2.47. The van der Waals surface area contributed by atoms with Crippen LogP contribution in [0.4, 0.5) is 11.4 Å². The van der Waals surface area contributed by atoms with Crippen LogP contribution in [0.15, 0.2) is 53.0 Å². The molecule has 2 aromatic rings. The maximum absolute atomic E-state index is 5.95. The topological polar surface area (TPSA) is 29.3 Å². The van der Waals surface area contributed by atoms with Crippen molar-refractivity contribution in [3.05, 3.63) is 58.6 Å². The standard InChI is InChI=1S/C17H19BrN2/c18-14-6-4-8-16(12-14)20-10-2-1-9-17(20)13-5-3-7-15(19)11-13/h3-8,11-12,17H,1-2,9-10,19H2. The summed E-state index contributed by atoms with van der Waals surface area (Å²) in [7, 11) is 0. The van der Waals surface area contributed by atoms with Gasteiger partial charge in [-0.05, 0) is 55.2 Å². The molecule has 1 saturated heterocycles. The molecule has 104 valence electrons. The van der Waals surface area contributed by atoms with Crippen LogP contribution in [0.2, 0.25) is 0 Å². The third-order valence-corrected chi connectivity index (χ3v) is 4.43. The summed E-state index contributed by atoms with van der Waals surface area (Å²) in [4.78, 5) is 2.50. The molecule has 0 amide bonds. The highest BCUT2D eigenvalue weighted by Gasteiger charge is 2.24. The highest BCUT2D eigenvalue weighted by atomic mass is 79.9. The summed E-state index contributed by atoms with van der Waals surface area (Å²) < 4.78 is 1.13. The van der Waals surface area contributed by atoms with Crippen molar-refractivity contribution in [3.8, 4) is 0 Å². The summed E-state index contributed by atoms with van der Waals surface area (Å²) >= 11 is 3.57. The molecule has 1 atom stereocenters. The Morgan fingerprint density at radius 3 is 2.70 bits per heavy atom. The van der Waals surface area contributed by atoms with Crippen molar-refractivity contribution in [2.24, 2.45) is 0 Å². The number of anilines is 2. The molecule has 0 aromatic heterocycles. The van der Waals surface area contributed by atoms with Gasteiger partial charge in [0.2, 0.25) is 0 Å². The van der Waals surface area contributed by atoms with Crippen molar-refractivity contribution in [1.82, 2.24) is 0 Å². The molecule has 3 heteroatoms. The fourth-order valence-corrected chi connectivity index (χ4v) is 3.40. The molecule has 1 heterocycles. The van der Waals surface area contributed by atoms with E-state index in [0.29, 0.717) is 6.04 Å². The van der Waals surface area contributed by atoms with E-state index < -0.39 is 0 Å². The minimum absolute atomic E-state index is 0.432. The van der Waals surface area contributed by atoms with Gasteiger partial charge in [-0.3, -0.25) is 0 Å². The van der Waals surface area contributed by atoms with Gasteiger partial charge < -0.3 is 10.6 Å². The summed E-state index contributed by atoms with van der Waals surface area (Å²) in [5, 5.41) is 0. The lowest BCUT2D eigenvalue weighted by atomic mass is 9.94. The second kappa shape index (κ2) is 5.88. The first-order valence-electron chi connectivity index (χ1n) is 7.12. The van der Waals surface area contributed by atoms with Gasteiger partial charge >= 0.3 is 0 Å².